The largest absolute Gasteiger partial charge is 0.325 e. The second-order valence-corrected chi connectivity index (χ2v) is 9.11. The summed E-state index contributed by atoms with van der Waals surface area (Å²) in [6.07, 6.45) is 3.13. The molecule has 1 saturated heterocycles. The van der Waals surface area contributed by atoms with Crippen molar-refractivity contribution in [1.82, 2.24) is 9.88 Å². The van der Waals surface area contributed by atoms with Crippen LogP contribution in [0.2, 0.25) is 5.02 Å². The van der Waals surface area contributed by atoms with Gasteiger partial charge in [0, 0.05) is 18.2 Å². The molecule has 2 N–H and O–H groups in total. The number of hydrogen-bond donors (Lipinski definition) is 2. The first-order chi connectivity index (χ1) is 14.7. The Balaban J connectivity index is 1.77. The van der Waals surface area contributed by atoms with Crippen LogP contribution in [0.25, 0.3) is 0 Å². The first-order valence-corrected chi connectivity index (χ1v) is 11.2. The van der Waals surface area contributed by atoms with Crippen LogP contribution in [-0.2, 0) is 4.79 Å². The number of anilines is 2. The molecule has 0 saturated carbocycles. The number of likely N-dealkylation sites (tertiary alicyclic amines) is 1. The zero-order valence-corrected chi connectivity index (χ0v) is 19.4. The van der Waals surface area contributed by atoms with Crippen LogP contribution in [-0.4, -0.2) is 40.8 Å². The quantitative estimate of drug-likeness (QED) is 0.647. The molecular weight excluding hydrogens is 412 g/mol. The number of amides is 2. The van der Waals surface area contributed by atoms with Gasteiger partial charge in [-0.3, -0.25) is 9.59 Å². The molecule has 2 heterocycles. The van der Waals surface area contributed by atoms with Gasteiger partial charge in [-0.15, -0.1) is 0 Å². The van der Waals surface area contributed by atoms with Crippen LogP contribution >= 0.6 is 11.6 Å². The molecule has 0 atom stereocenters. The molecule has 0 spiro atoms. The summed E-state index contributed by atoms with van der Waals surface area (Å²) in [5.74, 6) is 0.267. The molecule has 0 bridgehead atoms. The summed E-state index contributed by atoms with van der Waals surface area (Å²) in [4.78, 5) is 32.5. The normalized spacial score (nSPS) is 15.3. The Morgan fingerprint density at radius 1 is 1.06 bits per heavy atom. The van der Waals surface area contributed by atoms with Crippen molar-refractivity contribution in [3.8, 4) is 0 Å². The lowest BCUT2D eigenvalue weighted by atomic mass is 9.94. The molecule has 1 aliphatic rings. The van der Waals surface area contributed by atoms with Gasteiger partial charge in [-0.1, -0.05) is 31.5 Å². The van der Waals surface area contributed by atoms with Gasteiger partial charge < -0.3 is 15.5 Å². The van der Waals surface area contributed by atoms with Crippen molar-refractivity contribution >= 4 is 34.9 Å². The van der Waals surface area contributed by atoms with E-state index < -0.39 is 0 Å². The minimum absolute atomic E-state index is 0.0284. The first-order valence-electron chi connectivity index (χ1n) is 10.9. The van der Waals surface area contributed by atoms with Gasteiger partial charge in [-0.05, 0) is 75.5 Å². The van der Waals surface area contributed by atoms with E-state index in [4.69, 9.17) is 11.6 Å². The predicted octanol–water partition coefficient (Wildman–Crippen LogP) is 5.17. The molecule has 31 heavy (non-hydrogen) atoms. The van der Waals surface area contributed by atoms with Crippen LogP contribution < -0.4 is 10.6 Å². The predicted molar refractivity (Wildman–Crippen MR) is 126 cm³/mol. The molecule has 0 unspecified atom stereocenters. The van der Waals surface area contributed by atoms with Crippen LogP contribution in [0.4, 0.5) is 11.5 Å². The third-order valence-corrected chi connectivity index (χ3v) is 6.04. The highest BCUT2D eigenvalue weighted by atomic mass is 35.5. The molecule has 1 aromatic carbocycles. The van der Waals surface area contributed by atoms with Crippen molar-refractivity contribution < 1.29 is 9.59 Å². The molecule has 3 rings (SSSR count). The number of carbonyl (C=O) groups is 2. The topological polar surface area (TPSA) is 74.3 Å². The lowest BCUT2D eigenvalue weighted by Crippen LogP contribution is -2.41. The second-order valence-electron chi connectivity index (χ2n) is 8.67. The summed E-state index contributed by atoms with van der Waals surface area (Å²) in [5.41, 5.74) is 1.97. The lowest BCUT2D eigenvalue weighted by molar-refractivity contribution is -0.121. The van der Waals surface area contributed by atoms with Crippen molar-refractivity contribution in [3.63, 3.8) is 0 Å². The zero-order chi connectivity index (χ0) is 22.5. The summed E-state index contributed by atoms with van der Waals surface area (Å²) in [5, 5.41) is 6.30. The molecule has 7 heteroatoms. The highest BCUT2D eigenvalue weighted by molar-refractivity contribution is 6.30. The average Bonchev–Trinajstić information content (AvgIpc) is 2.75. The van der Waals surface area contributed by atoms with E-state index in [1.165, 1.54) is 6.20 Å². The summed E-state index contributed by atoms with van der Waals surface area (Å²) < 4.78 is 0. The van der Waals surface area contributed by atoms with Crippen molar-refractivity contribution in [3.05, 3.63) is 52.7 Å². The minimum Gasteiger partial charge on any atom is -0.325 e. The summed E-state index contributed by atoms with van der Waals surface area (Å²) in [6, 6.07) is 9.42. The number of halogens is 1. The minimum atomic E-state index is -0.317. The zero-order valence-electron chi connectivity index (χ0n) is 18.6. The summed E-state index contributed by atoms with van der Waals surface area (Å²) in [6.45, 7) is 10.3. The standard InChI is InChI=1S/C24H31ClN4O2/c1-15(2)18-5-7-21(27-23(30)17-9-11-29(12-10-17)16(3)4)20(13-18)24(31)28-22-8-6-19(25)14-26-22/h5-8,13-17H,9-12H2,1-4H3,(H,27,30)(H,26,28,31). The molecular formula is C24H31ClN4O2. The second kappa shape index (κ2) is 10.2. The number of pyridine rings is 1. The van der Waals surface area contributed by atoms with E-state index in [-0.39, 0.29) is 23.7 Å². The van der Waals surface area contributed by atoms with E-state index in [9.17, 15) is 9.59 Å². The molecule has 2 amide bonds. The van der Waals surface area contributed by atoms with E-state index in [0.717, 1.165) is 31.5 Å². The highest BCUT2D eigenvalue weighted by Gasteiger charge is 2.27. The maximum absolute atomic E-state index is 13.0. The van der Waals surface area contributed by atoms with Gasteiger partial charge in [-0.2, -0.15) is 0 Å². The van der Waals surface area contributed by atoms with Gasteiger partial charge in [0.15, 0.2) is 0 Å². The maximum atomic E-state index is 13.0. The molecule has 2 aromatic rings. The molecule has 1 fully saturated rings. The van der Waals surface area contributed by atoms with Gasteiger partial charge in [-0.25, -0.2) is 4.98 Å². The number of nitrogens with zero attached hydrogens (tertiary/aromatic N) is 2. The molecule has 0 aliphatic carbocycles. The lowest BCUT2D eigenvalue weighted by Gasteiger charge is -2.34. The number of nitrogens with one attached hydrogen (secondary N) is 2. The fourth-order valence-corrected chi connectivity index (χ4v) is 3.88. The van der Waals surface area contributed by atoms with Crippen LogP contribution in [0.15, 0.2) is 36.5 Å². The smallest absolute Gasteiger partial charge is 0.258 e. The first kappa shape index (κ1) is 23.2. The Kier molecular flexibility index (Phi) is 7.68. The average molecular weight is 443 g/mol. The molecule has 1 aromatic heterocycles. The van der Waals surface area contributed by atoms with Crippen molar-refractivity contribution in [2.75, 3.05) is 23.7 Å². The van der Waals surface area contributed by atoms with Gasteiger partial charge >= 0.3 is 0 Å². The van der Waals surface area contributed by atoms with Crippen LogP contribution in [0.5, 0.6) is 0 Å². The Morgan fingerprint density at radius 2 is 1.77 bits per heavy atom. The van der Waals surface area contributed by atoms with Crippen LogP contribution in [0, 0.1) is 5.92 Å². The summed E-state index contributed by atoms with van der Waals surface area (Å²) >= 11 is 5.88. The number of benzene rings is 1. The monoisotopic (exact) mass is 442 g/mol. The number of aromatic nitrogens is 1. The van der Waals surface area contributed by atoms with Crippen molar-refractivity contribution in [1.29, 1.82) is 0 Å². The van der Waals surface area contributed by atoms with Gasteiger partial charge in [0.1, 0.15) is 5.82 Å². The van der Waals surface area contributed by atoms with E-state index >= 15 is 0 Å². The molecule has 6 nitrogen and oxygen atoms in total. The molecule has 1 aliphatic heterocycles. The highest BCUT2D eigenvalue weighted by Crippen LogP contribution is 2.26. The Morgan fingerprint density at radius 3 is 2.35 bits per heavy atom. The molecule has 166 valence electrons. The Hall–Kier alpha value is -2.44. The SMILES string of the molecule is CC(C)c1ccc(NC(=O)C2CCN(C(C)C)CC2)c(C(=O)Nc2ccc(Cl)cn2)c1. The number of piperidine rings is 1. The fraction of sp³-hybridized carbons (Fsp3) is 0.458. The van der Waals surface area contributed by atoms with Gasteiger partial charge in [0.25, 0.3) is 5.91 Å². The van der Waals surface area contributed by atoms with Gasteiger partial charge in [0.2, 0.25) is 5.91 Å². The fourth-order valence-electron chi connectivity index (χ4n) is 3.76. The van der Waals surface area contributed by atoms with E-state index in [1.54, 1.807) is 12.1 Å². The number of hydrogen-bond acceptors (Lipinski definition) is 4. The molecule has 0 radical (unpaired) electrons. The van der Waals surface area contributed by atoms with E-state index in [1.807, 2.05) is 18.2 Å². The van der Waals surface area contributed by atoms with Crippen molar-refractivity contribution in [2.24, 2.45) is 5.92 Å². The maximum Gasteiger partial charge on any atom is 0.258 e. The number of rotatable bonds is 6. The van der Waals surface area contributed by atoms with Crippen molar-refractivity contribution in [2.45, 2.75) is 52.5 Å². The Bertz CT molecular complexity index is 920. The summed E-state index contributed by atoms with van der Waals surface area (Å²) in [7, 11) is 0. The Labute approximate surface area is 189 Å². The van der Waals surface area contributed by atoms with Gasteiger partial charge in [0.05, 0.1) is 16.3 Å². The van der Waals surface area contributed by atoms with E-state index in [2.05, 4.69) is 48.2 Å². The van der Waals surface area contributed by atoms with Crippen LogP contribution in [0.3, 0.4) is 0 Å². The van der Waals surface area contributed by atoms with E-state index in [0.29, 0.717) is 28.1 Å². The van der Waals surface area contributed by atoms with Crippen LogP contribution in [0.1, 0.15) is 62.4 Å². The number of carbonyl (C=O) groups excluding carboxylic acids is 2. The third kappa shape index (κ3) is 6.05. The third-order valence-electron chi connectivity index (χ3n) is 5.81.